The molecule has 2 heterocycles. The molecule has 2 aromatic carbocycles. The second-order valence-corrected chi connectivity index (χ2v) is 11.3. The van der Waals surface area contributed by atoms with Gasteiger partial charge in [-0.3, -0.25) is 0 Å². The monoisotopic (exact) mass is 548 g/mol. The molecule has 0 radical (unpaired) electrons. The SMILES string of the molecule is CCCCOC(=O)NS(=O)(=O)c1ccc(CC)cc1-c1ccc(Cn2c(CC)nc3c(C)cc(C)nc32)cc1. The van der Waals surface area contributed by atoms with E-state index in [4.69, 9.17) is 14.7 Å². The quantitative estimate of drug-likeness (QED) is 0.240. The van der Waals surface area contributed by atoms with E-state index in [9.17, 15) is 13.2 Å². The van der Waals surface area contributed by atoms with E-state index in [0.29, 0.717) is 18.5 Å². The van der Waals surface area contributed by atoms with Crippen LogP contribution in [0.5, 0.6) is 0 Å². The largest absolute Gasteiger partial charge is 0.449 e. The highest BCUT2D eigenvalue weighted by atomic mass is 32.2. The number of hydrogen-bond acceptors (Lipinski definition) is 6. The van der Waals surface area contributed by atoms with E-state index in [0.717, 1.165) is 64.2 Å². The number of amides is 1. The van der Waals surface area contributed by atoms with E-state index in [1.807, 2.05) is 57.2 Å². The van der Waals surface area contributed by atoms with Crippen molar-refractivity contribution in [1.29, 1.82) is 0 Å². The number of carbonyl (C=O) groups is 1. The molecule has 1 N–H and O–H groups in total. The van der Waals surface area contributed by atoms with Crippen LogP contribution in [0.1, 0.15) is 61.8 Å². The van der Waals surface area contributed by atoms with Crippen molar-refractivity contribution in [2.75, 3.05) is 6.61 Å². The second kappa shape index (κ2) is 12.0. The van der Waals surface area contributed by atoms with Crippen LogP contribution in [0.4, 0.5) is 4.79 Å². The van der Waals surface area contributed by atoms with Crippen molar-refractivity contribution in [2.24, 2.45) is 0 Å². The Balaban J connectivity index is 1.66. The Morgan fingerprint density at radius 3 is 2.33 bits per heavy atom. The van der Waals surface area contributed by atoms with E-state index < -0.39 is 16.1 Å². The first-order chi connectivity index (χ1) is 18.7. The van der Waals surface area contributed by atoms with E-state index in [1.165, 1.54) is 0 Å². The average molecular weight is 549 g/mol. The smallest absolute Gasteiger partial charge is 0.421 e. The Labute approximate surface area is 230 Å². The lowest BCUT2D eigenvalue weighted by atomic mass is 10.0. The van der Waals surface area contributed by atoms with Crippen LogP contribution >= 0.6 is 0 Å². The molecule has 8 nitrogen and oxygen atoms in total. The third kappa shape index (κ3) is 6.30. The van der Waals surface area contributed by atoms with Gasteiger partial charge in [-0.1, -0.05) is 57.5 Å². The summed E-state index contributed by atoms with van der Waals surface area (Å²) in [6.07, 6.45) is 2.07. The molecule has 0 aliphatic heterocycles. The maximum absolute atomic E-state index is 13.2. The molecule has 0 spiro atoms. The number of unbranched alkanes of at least 4 members (excludes halogenated alkanes) is 1. The molecule has 4 rings (SSSR count). The molecule has 0 aliphatic carbocycles. The van der Waals surface area contributed by atoms with Gasteiger partial charge in [-0.2, -0.15) is 0 Å². The number of hydrogen-bond donors (Lipinski definition) is 1. The number of nitrogens with zero attached hydrogens (tertiary/aromatic N) is 3. The molecule has 0 fully saturated rings. The Morgan fingerprint density at radius 2 is 1.67 bits per heavy atom. The summed E-state index contributed by atoms with van der Waals surface area (Å²) in [5.74, 6) is 0.969. The summed E-state index contributed by atoms with van der Waals surface area (Å²) < 4.78 is 35.6. The highest BCUT2D eigenvalue weighted by Gasteiger charge is 2.23. The number of rotatable bonds is 10. The fourth-order valence-corrected chi connectivity index (χ4v) is 5.72. The van der Waals surface area contributed by atoms with Crippen LogP contribution in [-0.4, -0.2) is 35.7 Å². The maximum atomic E-state index is 13.2. The second-order valence-electron chi connectivity index (χ2n) is 9.70. The normalized spacial score (nSPS) is 11.6. The zero-order chi connectivity index (χ0) is 28.2. The summed E-state index contributed by atoms with van der Waals surface area (Å²) >= 11 is 0. The van der Waals surface area contributed by atoms with Crippen molar-refractivity contribution >= 4 is 27.3 Å². The van der Waals surface area contributed by atoms with Crippen LogP contribution in [-0.2, 0) is 34.1 Å². The van der Waals surface area contributed by atoms with Gasteiger partial charge in [0.05, 0.1) is 18.0 Å². The summed E-state index contributed by atoms with van der Waals surface area (Å²) in [5, 5.41) is 0. The fourth-order valence-electron chi connectivity index (χ4n) is 4.62. The number of benzene rings is 2. The fraction of sp³-hybridized carbons (Fsp3) is 0.367. The van der Waals surface area contributed by atoms with Crippen molar-refractivity contribution in [3.63, 3.8) is 0 Å². The maximum Gasteiger partial charge on any atom is 0.421 e. The highest BCUT2D eigenvalue weighted by molar-refractivity contribution is 7.90. The minimum Gasteiger partial charge on any atom is -0.449 e. The molecule has 0 bridgehead atoms. The van der Waals surface area contributed by atoms with Crippen molar-refractivity contribution < 1.29 is 17.9 Å². The summed E-state index contributed by atoms with van der Waals surface area (Å²) in [7, 11) is -4.14. The van der Waals surface area contributed by atoms with Crippen molar-refractivity contribution in [3.8, 4) is 11.1 Å². The molecular formula is C30H36N4O4S. The molecule has 1 amide bonds. The van der Waals surface area contributed by atoms with Gasteiger partial charge in [0.15, 0.2) is 5.65 Å². The number of nitrogens with one attached hydrogen (secondary N) is 1. The Morgan fingerprint density at radius 1 is 0.949 bits per heavy atom. The molecule has 206 valence electrons. The first kappa shape index (κ1) is 28.3. The minimum absolute atomic E-state index is 0.0314. The van der Waals surface area contributed by atoms with Crippen LogP contribution in [0, 0.1) is 13.8 Å². The summed E-state index contributed by atoms with van der Waals surface area (Å²) in [4.78, 5) is 21.8. The number of ether oxygens (including phenoxy) is 1. The minimum atomic E-state index is -4.14. The van der Waals surface area contributed by atoms with Gasteiger partial charge in [0.25, 0.3) is 10.0 Å². The molecule has 0 saturated heterocycles. The number of imidazole rings is 1. The van der Waals surface area contributed by atoms with Gasteiger partial charge in [-0.25, -0.2) is 27.9 Å². The van der Waals surface area contributed by atoms with Crippen LogP contribution in [0.3, 0.4) is 0 Å². The molecule has 0 aliphatic rings. The molecule has 9 heteroatoms. The van der Waals surface area contributed by atoms with Crippen LogP contribution < -0.4 is 4.72 Å². The first-order valence-electron chi connectivity index (χ1n) is 13.4. The van der Waals surface area contributed by atoms with Crippen LogP contribution in [0.2, 0.25) is 0 Å². The van der Waals surface area contributed by atoms with Gasteiger partial charge in [0, 0.05) is 17.7 Å². The van der Waals surface area contributed by atoms with Crippen molar-refractivity contribution in [1.82, 2.24) is 19.3 Å². The zero-order valence-electron chi connectivity index (χ0n) is 23.2. The number of aromatic nitrogens is 3. The Kier molecular flexibility index (Phi) is 8.70. The van der Waals surface area contributed by atoms with Gasteiger partial charge in [-0.15, -0.1) is 0 Å². The predicted octanol–water partition coefficient (Wildman–Crippen LogP) is 6.10. The van der Waals surface area contributed by atoms with Gasteiger partial charge < -0.3 is 9.30 Å². The lowest BCUT2D eigenvalue weighted by molar-refractivity contribution is 0.151. The highest BCUT2D eigenvalue weighted by Crippen LogP contribution is 2.30. The summed E-state index contributed by atoms with van der Waals surface area (Å²) in [6.45, 7) is 10.9. The molecule has 4 aromatic rings. The summed E-state index contributed by atoms with van der Waals surface area (Å²) in [5.41, 5.74) is 7.15. The molecule has 0 saturated carbocycles. The number of carbonyl (C=O) groups excluding carboxylic acids is 1. The summed E-state index contributed by atoms with van der Waals surface area (Å²) in [6, 6.07) is 15.0. The van der Waals surface area contributed by atoms with E-state index >= 15 is 0 Å². The van der Waals surface area contributed by atoms with Gasteiger partial charge >= 0.3 is 6.09 Å². The average Bonchev–Trinajstić information content (AvgIpc) is 3.26. The molecule has 2 aromatic heterocycles. The standard InChI is InChI=1S/C30H36N4O4S/c1-6-9-16-38-30(35)33-39(36,37)26-15-12-22(7-2)18-25(26)24-13-10-23(11-14-24)19-34-27(8-3)32-28-20(4)17-21(5)31-29(28)34/h10-15,17-18H,6-9,16,19H2,1-5H3,(H,33,35). The van der Waals surface area contributed by atoms with Crippen molar-refractivity contribution in [2.45, 2.75) is 71.7 Å². The Bertz CT molecular complexity index is 1590. The van der Waals surface area contributed by atoms with E-state index in [1.54, 1.807) is 12.1 Å². The Hall–Kier alpha value is -3.72. The topological polar surface area (TPSA) is 103 Å². The molecule has 0 unspecified atom stereocenters. The van der Waals surface area contributed by atoms with Crippen LogP contribution in [0.25, 0.3) is 22.3 Å². The zero-order valence-corrected chi connectivity index (χ0v) is 24.1. The van der Waals surface area contributed by atoms with Gasteiger partial charge in [0.1, 0.15) is 11.3 Å². The van der Waals surface area contributed by atoms with Crippen LogP contribution in [0.15, 0.2) is 53.4 Å². The molecule has 39 heavy (non-hydrogen) atoms. The third-order valence-corrected chi connectivity index (χ3v) is 8.08. The number of aryl methyl sites for hydroxylation is 4. The molecule has 0 atom stereocenters. The van der Waals surface area contributed by atoms with Gasteiger partial charge in [0.2, 0.25) is 0 Å². The number of fused-ring (bicyclic) bond motifs is 1. The van der Waals surface area contributed by atoms with Gasteiger partial charge in [-0.05, 0) is 67.1 Å². The van der Waals surface area contributed by atoms with E-state index in [2.05, 4.69) is 23.1 Å². The lowest BCUT2D eigenvalue weighted by Crippen LogP contribution is -2.31. The van der Waals surface area contributed by atoms with E-state index in [-0.39, 0.29) is 11.5 Å². The number of sulfonamides is 1. The first-order valence-corrected chi connectivity index (χ1v) is 14.9. The third-order valence-electron chi connectivity index (χ3n) is 6.71. The molecular weight excluding hydrogens is 512 g/mol. The lowest BCUT2D eigenvalue weighted by Gasteiger charge is -2.14. The predicted molar refractivity (Wildman–Crippen MR) is 153 cm³/mol. The number of pyridine rings is 1. The van der Waals surface area contributed by atoms with Crippen molar-refractivity contribution in [3.05, 3.63) is 76.7 Å².